The van der Waals surface area contributed by atoms with Crippen molar-refractivity contribution < 1.29 is 0 Å². The van der Waals surface area contributed by atoms with Gasteiger partial charge in [0.05, 0.1) is 66.4 Å². The second kappa shape index (κ2) is 20.3. The van der Waals surface area contributed by atoms with E-state index < -0.39 is 0 Å². The van der Waals surface area contributed by atoms with Crippen molar-refractivity contribution in [1.82, 2.24) is 32.5 Å². The number of hydrogen-bond acceptors (Lipinski definition) is 3. The predicted octanol–water partition coefficient (Wildman–Crippen LogP) is 21.1. The Kier molecular flexibility index (Phi) is 12.0. The molecular weight excluding hydrogens is 1110 g/mol. The molecule has 0 aliphatic heterocycles. The molecule has 0 spiro atoms. The number of nitrogens with zero attached hydrogens (tertiary/aromatic N) is 8. The number of rotatable bonds is 8. The van der Waals surface area contributed by atoms with Crippen molar-refractivity contribution in [2.75, 3.05) is 0 Å². The van der Waals surface area contributed by atoms with E-state index in [1.165, 1.54) is 11.1 Å². The quantitative estimate of drug-likeness (QED) is 0.152. The Morgan fingerprint density at radius 2 is 0.703 bits per heavy atom. The third-order valence-electron chi connectivity index (χ3n) is 18.6. The Morgan fingerprint density at radius 1 is 0.319 bits per heavy atom. The molecule has 8 heteroatoms. The van der Waals surface area contributed by atoms with Crippen LogP contribution in [-0.2, 0) is 10.8 Å². The second-order valence-electron chi connectivity index (χ2n) is 26.2. The first-order valence-electron chi connectivity index (χ1n) is 31.3. The SMILES string of the molecule is CC(C)(C)c1ccc2c(c1)c1cc(C(C)(C)C)ccc1n2-c1c(-c2ccc3nc4n(-c5ccccc5)c5ccc(-c6ccccc6)cc5n4c3c2)cc(-c2ccc3nc4n(-c5ccccc5)c5ccc(-c6ccccc6)cc5n4c3c2)c(-c2ccccc2)c1C#N. The highest BCUT2D eigenvalue weighted by atomic mass is 15.2. The molecule has 0 radical (unpaired) electrons. The molecule has 0 saturated heterocycles. The third kappa shape index (κ3) is 8.49. The summed E-state index contributed by atoms with van der Waals surface area (Å²) < 4.78 is 11.6. The van der Waals surface area contributed by atoms with Crippen LogP contribution in [0, 0.1) is 11.3 Å². The van der Waals surface area contributed by atoms with Gasteiger partial charge in [0.25, 0.3) is 0 Å². The largest absolute Gasteiger partial charge is 0.307 e. The summed E-state index contributed by atoms with van der Waals surface area (Å²) in [5, 5.41) is 14.8. The number of para-hydroxylation sites is 2. The molecule has 5 heterocycles. The van der Waals surface area contributed by atoms with Gasteiger partial charge < -0.3 is 4.57 Å². The molecule has 0 aliphatic rings. The predicted molar refractivity (Wildman–Crippen MR) is 376 cm³/mol. The molecule has 8 nitrogen and oxygen atoms in total. The maximum absolute atomic E-state index is 12.5. The molecule has 0 fully saturated rings. The first kappa shape index (κ1) is 53.7. The minimum atomic E-state index is -0.115. The highest BCUT2D eigenvalue weighted by Gasteiger charge is 2.30. The van der Waals surface area contributed by atoms with Gasteiger partial charge >= 0.3 is 0 Å². The highest BCUT2D eigenvalue weighted by Crippen LogP contribution is 2.48. The zero-order valence-electron chi connectivity index (χ0n) is 51.5. The minimum absolute atomic E-state index is 0.115. The van der Waals surface area contributed by atoms with E-state index in [9.17, 15) is 5.26 Å². The molecule has 0 amide bonds. The van der Waals surface area contributed by atoms with Crippen LogP contribution >= 0.6 is 0 Å². The summed E-state index contributed by atoms with van der Waals surface area (Å²) in [4.78, 5) is 11.0. The summed E-state index contributed by atoms with van der Waals surface area (Å²) in [6.45, 7) is 13.7. The molecule has 17 aromatic rings. The molecule has 17 rings (SSSR count). The van der Waals surface area contributed by atoms with Crippen molar-refractivity contribution in [3.63, 3.8) is 0 Å². The normalized spacial score (nSPS) is 12.3. The van der Waals surface area contributed by atoms with Gasteiger partial charge in [-0.15, -0.1) is 0 Å². The highest BCUT2D eigenvalue weighted by molar-refractivity contribution is 6.12. The topological polar surface area (TPSA) is 73.2 Å². The smallest absolute Gasteiger partial charge is 0.220 e. The average Bonchev–Trinajstić information content (AvgIpc) is 1.62. The van der Waals surface area contributed by atoms with E-state index in [0.29, 0.717) is 5.56 Å². The van der Waals surface area contributed by atoms with E-state index in [2.05, 4.69) is 337 Å². The van der Waals surface area contributed by atoms with Crippen LogP contribution in [0.15, 0.2) is 267 Å². The van der Waals surface area contributed by atoms with Crippen LogP contribution in [0.3, 0.4) is 0 Å². The molecule has 0 N–H and O–H groups in total. The van der Waals surface area contributed by atoms with Gasteiger partial charge in [-0.1, -0.05) is 205 Å². The molecule has 0 bridgehead atoms. The van der Waals surface area contributed by atoms with Crippen LogP contribution in [-0.4, -0.2) is 32.5 Å². The average molecular weight is 1170 g/mol. The van der Waals surface area contributed by atoms with E-state index in [1.807, 2.05) is 0 Å². The number of aromatic nitrogens is 7. The summed E-state index contributed by atoms with van der Waals surface area (Å²) in [5.41, 5.74) is 25.6. The Bertz CT molecular complexity index is 5750. The number of imidazole rings is 4. The van der Waals surface area contributed by atoms with E-state index in [1.54, 1.807) is 0 Å². The first-order chi connectivity index (χ1) is 44.4. The van der Waals surface area contributed by atoms with Crippen molar-refractivity contribution in [2.45, 2.75) is 52.4 Å². The molecule has 434 valence electrons. The van der Waals surface area contributed by atoms with Crippen molar-refractivity contribution in [3.8, 4) is 78.8 Å². The molecule has 12 aromatic carbocycles. The number of fused-ring (bicyclic) bond motifs is 13. The number of nitriles is 1. The summed E-state index contributed by atoms with van der Waals surface area (Å²) in [6.07, 6.45) is 0. The number of benzene rings is 12. The molecule has 0 unspecified atom stereocenters. The second-order valence-corrected chi connectivity index (χ2v) is 26.2. The zero-order chi connectivity index (χ0) is 61.4. The molecular formula is C83H62N8. The van der Waals surface area contributed by atoms with E-state index in [4.69, 9.17) is 9.97 Å². The van der Waals surface area contributed by atoms with Gasteiger partial charge in [-0.2, -0.15) is 5.26 Å². The third-order valence-corrected chi connectivity index (χ3v) is 18.6. The zero-order valence-corrected chi connectivity index (χ0v) is 51.5. The fraction of sp³-hybridized carbons (Fsp3) is 0.0964. The maximum Gasteiger partial charge on any atom is 0.220 e. The molecule has 0 atom stereocenters. The van der Waals surface area contributed by atoms with Gasteiger partial charge in [0.1, 0.15) is 6.07 Å². The fourth-order valence-corrected chi connectivity index (χ4v) is 14.1. The van der Waals surface area contributed by atoms with Crippen molar-refractivity contribution >= 4 is 77.5 Å². The monoisotopic (exact) mass is 1170 g/mol. The lowest BCUT2D eigenvalue weighted by Gasteiger charge is -2.23. The van der Waals surface area contributed by atoms with Gasteiger partial charge in [-0.25, -0.2) is 9.97 Å². The van der Waals surface area contributed by atoms with Crippen molar-refractivity contribution in [2.24, 2.45) is 0 Å². The van der Waals surface area contributed by atoms with Crippen LogP contribution in [0.4, 0.5) is 0 Å². The minimum Gasteiger partial charge on any atom is -0.307 e. The van der Waals surface area contributed by atoms with Crippen LogP contribution in [0.25, 0.3) is 150 Å². The van der Waals surface area contributed by atoms with E-state index in [0.717, 1.165) is 150 Å². The Morgan fingerprint density at radius 3 is 1.13 bits per heavy atom. The number of hydrogen-bond donors (Lipinski definition) is 0. The molecule has 5 aromatic heterocycles. The van der Waals surface area contributed by atoms with Gasteiger partial charge in [-0.3, -0.25) is 17.9 Å². The van der Waals surface area contributed by atoms with Gasteiger partial charge in [0.2, 0.25) is 11.6 Å². The molecule has 0 aliphatic carbocycles. The van der Waals surface area contributed by atoms with Crippen LogP contribution < -0.4 is 0 Å². The lowest BCUT2D eigenvalue weighted by atomic mass is 9.85. The van der Waals surface area contributed by atoms with Crippen LogP contribution in [0.2, 0.25) is 0 Å². The summed E-state index contributed by atoms with van der Waals surface area (Å²) in [7, 11) is 0. The van der Waals surface area contributed by atoms with E-state index in [-0.39, 0.29) is 10.8 Å². The van der Waals surface area contributed by atoms with Crippen LogP contribution in [0.1, 0.15) is 58.2 Å². The van der Waals surface area contributed by atoms with Gasteiger partial charge in [-0.05, 0) is 170 Å². The Labute approximate surface area is 527 Å². The summed E-state index contributed by atoms with van der Waals surface area (Å²) >= 11 is 0. The van der Waals surface area contributed by atoms with E-state index >= 15 is 0 Å². The Balaban J connectivity index is 1.00. The summed E-state index contributed by atoms with van der Waals surface area (Å²) in [6, 6.07) is 98.8. The standard InChI is InChI=1S/C83H62N8/c1-82(2,3)59-36-42-70-65(48-59)66-49-60(83(4,5)6)37-43-71(66)89(70)79-64(58-33-39-69-75(47-58)91-77-45-56(53-24-14-8-15-25-53)35-41-73(77)88(81(91)86-69)62-30-20-11-21-31-62)50-63(78(67(79)51-84)54-26-16-9-17-27-54)57-32-38-68-74(46-57)90-76-44-55(52-22-12-7-13-23-52)34-40-72(76)87(80(90)85-68)61-28-18-10-19-29-61/h7-50H,1-6H3. The van der Waals surface area contributed by atoms with Crippen molar-refractivity contribution in [1.29, 1.82) is 5.26 Å². The Hall–Kier alpha value is -11.5. The van der Waals surface area contributed by atoms with Crippen molar-refractivity contribution in [3.05, 3.63) is 284 Å². The van der Waals surface area contributed by atoms with Gasteiger partial charge in [0, 0.05) is 33.3 Å². The lowest BCUT2D eigenvalue weighted by Crippen LogP contribution is -2.10. The summed E-state index contributed by atoms with van der Waals surface area (Å²) in [5.74, 6) is 1.63. The first-order valence-corrected chi connectivity index (χ1v) is 31.3. The molecule has 91 heavy (non-hydrogen) atoms. The molecule has 0 saturated carbocycles. The van der Waals surface area contributed by atoms with Gasteiger partial charge in [0.15, 0.2) is 0 Å². The van der Waals surface area contributed by atoms with Crippen LogP contribution in [0.5, 0.6) is 0 Å². The lowest BCUT2D eigenvalue weighted by molar-refractivity contribution is 0.590. The maximum atomic E-state index is 12.5. The fourth-order valence-electron chi connectivity index (χ4n) is 14.1.